The van der Waals surface area contributed by atoms with Gasteiger partial charge in [-0.3, -0.25) is 9.79 Å². The van der Waals surface area contributed by atoms with E-state index in [1.165, 1.54) is 4.90 Å². The smallest absolute Gasteiger partial charge is 0.352 e. The van der Waals surface area contributed by atoms with E-state index in [-0.39, 0.29) is 30.1 Å². The van der Waals surface area contributed by atoms with E-state index in [0.717, 1.165) is 0 Å². The van der Waals surface area contributed by atoms with Crippen LogP contribution in [0.5, 0.6) is 0 Å². The zero-order chi connectivity index (χ0) is 18.3. The van der Waals surface area contributed by atoms with Crippen LogP contribution in [0.3, 0.4) is 0 Å². The molecule has 10 nitrogen and oxygen atoms in total. The van der Waals surface area contributed by atoms with Crippen molar-refractivity contribution in [3.8, 4) is 0 Å². The molecule has 1 unspecified atom stereocenters. The summed E-state index contributed by atoms with van der Waals surface area (Å²) in [7, 11) is 0. The first-order valence-corrected chi connectivity index (χ1v) is 8.09. The molecule has 0 bridgehead atoms. The number of aliphatic hydroxyl groups is 1. The summed E-state index contributed by atoms with van der Waals surface area (Å²) in [4.78, 5) is 40.2. The van der Waals surface area contributed by atoms with Crippen LogP contribution in [0.1, 0.15) is 13.3 Å². The number of nitrogens with one attached hydrogen (secondary N) is 2. The van der Waals surface area contributed by atoms with Crippen molar-refractivity contribution in [1.82, 2.24) is 15.5 Å². The Labute approximate surface area is 143 Å². The maximum Gasteiger partial charge on any atom is 0.352 e. The fourth-order valence-corrected chi connectivity index (χ4v) is 3.77. The number of amides is 3. The molecule has 3 aliphatic heterocycles. The van der Waals surface area contributed by atoms with Crippen molar-refractivity contribution in [2.24, 2.45) is 22.6 Å². The van der Waals surface area contributed by atoms with Crippen molar-refractivity contribution in [1.29, 1.82) is 0 Å². The number of carboxylic acid groups (broad SMARTS) is 1. The largest absolute Gasteiger partial charge is 0.477 e. The number of aliphatic hydroxyl groups excluding tert-OH is 1. The Morgan fingerprint density at radius 1 is 1.52 bits per heavy atom. The molecule has 1 saturated heterocycles. The summed E-state index contributed by atoms with van der Waals surface area (Å²) < 4.78 is 0. The van der Waals surface area contributed by atoms with Crippen LogP contribution in [-0.2, 0) is 9.59 Å². The topological polar surface area (TPSA) is 157 Å². The average molecular weight is 351 g/mol. The van der Waals surface area contributed by atoms with Crippen molar-refractivity contribution in [2.75, 3.05) is 19.6 Å². The molecule has 0 aromatic heterocycles. The van der Waals surface area contributed by atoms with Crippen LogP contribution in [0.2, 0.25) is 0 Å². The summed E-state index contributed by atoms with van der Waals surface area (Å²) in [5.41, 5.74) is 5.71. The Kier molecular flexibility index (Phi) is 4.38. The molecule has 0 spiro atoms. The van der Waals surface area contributed by atoms with Crippen LogP contribution in [0.4, 0.5) is 4.79 Å². The van der Waals surface area contributed by atoms with E-state index in [0.29, 0.717) is 30.9 Å². The standard InChI is InChI=1S/C15H21N5O5/c1-6(21)11-9-2-8(12(14(23)24)20(9)13(11)22)7-3-17-10(18-4-7)5-19-15(16)25/h6-7,9,11,21H,2-5H2,1H3,(H,17,18)(H,23,24)(H3,16,19,25)/t6-,9-,11-/m1/s1. The van der Waals surface area contributed by atoms with Gasteiger partial charge in [0.1, 0.15) is 11.5 Å². The molecular weight excluding hydrogens is 330 g/mol. The molecule has 4 atom stereocenters. The second-order valence-corrected chi connectivity index (χ2v) is 6.51. The molecule has 0 radical (unpaired) electrons. The van der Waals surface area contributed by atoms with Gasteiger partial charge in [0.05, 0.1) is 24.6 Å². The Hall–Kier alpha value is -2.62. The van der Waals surface area contributed by atoms with Gasteiger partial charge in [0, 0.05) is 19.0 Å². The molecule has 3 amide bonds. The summed E-state index contributed by atoms with van der Waals surface area (Å²) in [5, 5.41) is 24.8. The van der Waals surface area contributed by atoms with Crippen molar-refractivity contribution < 1.29 is 24.6 Å². The SMILES string of the molecule is C[C@@H](O)[C@H]1C(=O)N2C(C(=O)O)=C(C3CN=C(CNC(N)=O)NC3)C[C@H]12. The number of aliphatic imine (C=N–C) groups is 1. The summed E-state index contributed by atoms with van der Waals surface area (Å²) >= 11 is 0. The summed E-state index contributed by atoms with van der Waals surface area (Å²) in [6, 6.07) is -0.944. The molecule has 3 heterocycles. The molecule has 6 N–H and O–H groups in total. The highest BCUT2D eigenvalue weighted by molar-refractivity contribution is 6.00. The highest BCUT2D eigenvalue weighted by Gasteiger charge is 2.57. The van der Waals surface area contributed by atoms with Crippen LogP contribution in [0.25, 0.3) is 0 Å². The predicted molar refractivity (Wildman–Crippen MR) is 86.5 cm³/mol. The molecule has 25 heavy (non-hydrogen) atoms. The lowest BCUT2D eigenvalue weighted by atomic mass is 9.82. The van der Waals surface area contributed by atoms with E-state index in [9.17, 15) is 24.6 Å². The van der Waals surface area contributed by atoms with Gasteiger partial charge in [0.15, 0.2) is 0 Å². The number of carboxylic acids is 1. The summed E-state index contributed by atoms with van der Waals surface area (Å²) in [5.74, 6) is -1.61. The first-order chi connectivity index (χ1) is 11.8. The first kappa shape index (κ1) is 17.2. The van der Waals surface area contributed by atoms with Crippen LogP contribution in [-0.4, -0.2) is 70.6 Å². The van der Waals surface area contributed by atoms with Crippen LogP contribution >= 0.6 is 0 Å². The van der Waals surface area contributed by atoms with Gasteiger partial charge >= 0.3 is 12.0 Å². The van der Waals surface area contributed by atoms with Crippen LogP contribution < -0.4 is 16.4 Å². The number of hydrogen-bond acceptors (Lipinski definition) is 6. The summed E-state index contributed by atoms with van der Waals surface area (Å²) in [6.07, 6.45) is -0.378. The van der Waals surface area contributed by atoms with Crippen molar-refractivity contribution in [2.45, 2.75) is 25.5 Å². The van der Waals surface area contributed by atoms with E-state index in [1.54, 1.807) is 6.92 Å². The maximum absolute atomic E-state index is 12.2. The zero-order valence-electron chi connectivity index (χ0n) is 13.7. The number of fused-ring (bicyclic) bond motifs is 1. The third-order valence-corrected chi connectivity index (χ3v) is 4.94. The highest BCUT2D eigenvalue weighted by atomic mass is 16.4. The number of nitrogens with zero attached hydrogens (tertiary/aromatic N) is 2. The second kappa shape index (κ2) is 6.36. The zero-order valence-corrected chi connectivity index (χ0v) is 13.7. The van der Waals surface area contributed by atoms with Gasteiger partial charge in [-0.15, -0.1) is 0 Å². The number of rotatable bonds is 5. The predicted octanol–water partition coefficient (Wildman–Crippen LogP) is -1.78. The number of hydrogen-bond donors (Lipinski definition) is 5. The summed E-state index contributed by atoms with van der Waals surface area (Å²) in [6.45, 7) is 2.55. The van der Waals surface area contributed by atoms with Crippen molar-refractivity contribution in [3.63, 3.8) is 0 Å². The molecule has 10 heteroatoms. The fourth-order valence-electron chi connectivity index (χ4n) is 3.77. The molecule has 3 aliphatic rings. The van der Waals surface area contributed by atoms with Gasteiger partial charge in [-0.2, -0.15) is 0 Å². The Bertz CT molecular complexity index is 686. The number of carbonyl (C=O) groups is 3. The van der Waals surface area contributed by atoms with Gasteiger partial charge in [0.2, 0.25) is 5.91 Å². The van der Waals surface area contributed by atoms with Crippen molar-refractivity contribution in [3.05, 3.63) is 11.3 Å². The minimum absolute atomic E-state index is 0.0209. The third-order valence-electron chi connectivity index (χ3n) is 4.94. The third kappa shape index (κ3) is 2.93. The van der Waals surface area contributed by atoms with E-state index in [2.05, 4.69) is 15.6 Å². The second-order valence-electron chi connectivity index (χ2n) is 6.51. The van der Waals surface area contributed by atoms with Crippen LogP contribution in [0, 0.1) is 11.8 Å². The van der Waals surface area contributed by atoms with E-state index < -0.39 is 24.0 Å². The molecular formula is C15H21N5O5. The Morgan fingerprint density at radius 3 is 2.76 bits per heavy atom. The molecule has 136 valence electrons. The molecule has 0 aromatic rings. The fraction of sp³-hybridized carbons (Fsp3) is 0.600. The Morgan fingerprint density at radius 2 is 2.24 bits per heavy atom. The lowest BCUT2D eigenvalue weighted by Crippen LogP contribution is -2.61. The maximum atomic E-state index is 12.2. The monoisotopic (exact) mass is 351 g/mol. The number of β-lactam (4-membered cyclic amide) rings is 1. The normalized spacial score (nSPS) is 29.4. The molecule has 0 saturated carbocycles. The Balaban J connectivity index is 1.75. The van der Waals surface area contributed by atoms with Gasteiger partial charge in [-0.1, -0.05) is 0 Å². The van der Waals surface area contributed by atoms with Crippen LogP contribution in [0.15, 0.2) is 16.3 Å². The molecule has 3 rings (SSSR count). The van der Waals surface area contributed by atoms with E-state index >= 15 is 0 Å². The quantitative estimate of drug-likeness (QED) is 0.369. The minimum Gasteiger partial charge on any atom is -0.477 e. The number of urea groups is 1. The average Bonchev–Trinajstić information content (AvgIpc) is 2.88. The lowest BCUT2D eigenvalue weighted by Gasteiger charge is -2.44. The van der Waals surface area contributed by atoms with Gasteiger partial charge in [-0.25, -0.2) is 9.59 Å². The molecule has 1 fully saturated rings. The molecule has 0 aromatic carbocycles. The van der Waals surface area contributed by atoms with E-state index in [4.69, 9.17) is 5.73 Å². The number of aliphatic carboxylic acids is 1. The molecule has 0 aliphatic carbocycles. The minimum atomic E-state index is -1.14. The highest BCUT2D eigenvalue weighted by Crippen LogP contribution is 2.45. The number of amidine groups is 1. The number of primary amides is 1. The van der Waals surface area contributed by atoms with Crippen molar-refractivity contribution >= 4 is 23.7 Å². The number of carbonyl (C=O) groups excluding carboxylic acids is 2. The van der Waals surface area contributed by atoms with E-state index in [1.807, 2.05) is 0 Å². The lowest BCUT2D eigenvalue weighted by molar-refractivity contribution is -0.161. The number of nitrogens with two attached hydrogens (primary N) is 1. The van der Waals surface area contributed by atoms with Gasteiger partial charge in [-0.05, 0) is 18.9 Å². The van der Waals surface area contributed by atoms with Gasteiger partial charge < -0.3 is 31.5 Å². The van der Waals surface area contributed by atoms with Gasteiger partial charge in [0.25, 0.3) is 0 Å². The first-order valence-electron chi connectivity index (χ1n) is 8.09.